The van der Waals surface area contributed by atoms with E-state index in [4.69, 9.17) is 0 Å². The third-order valence-electron chi connectivity index (χ3n) is 6.43. The molecule has 4 nitrogen and oxygen atoms in total. The van der Waals surface area contributed by atoms with Gasteiger partial charge in [0.25, 0.3) is 0 Å². The topological polar surface area (TPSA) is 58.2 Å². The average Bonchev–Trinajstić information content (AvgIpc) is 2.48. The fourth-order valence-corrected chi connectivity index (χ4v) is 6.03. The van der Waals surface area contributed by atoms with E-state index in [-0.39, 0.29) is 23.2 Å². The Kier molecular flexibility index (Phi) is 3.67. The van der Waals surface area contributed by atoms with Gasteiger partial charge in [0.15, 0.2) is 0 Å². The van der Waals surface area contributed by atoms with Gasteiger partial charge in [0.05, 0.1) is 5.41 Å². The number of anilines is 1. The summed E-state index contributed by atoms with van der Waals surface area (Å²) in [6.07, 6.45) is 5.59. The zero-order valence-corrected chi connectivity index (χ0v) is 14.8. The predicted octanol–water partition coefficient (Wildman–Crippen LogP) is 3.55. The summed E-state index contributed by atoms with van der Waals surface area (Å²) < 4.78 is 13.6. The lowest BCUT2D eigenvalue weighted by Gasteiger charge is -2.61. The normalized spacial score (nSPS) is 35.5. The van der Waals surface area contributed by atoms with Crippen molar-refractivity contribution < 1.29 is 14.0 Å². The van der Waals surface area contributed by atoms with Gasteiger partial charge < -0.3 is 10.6 Å². The van der Waals surface area contributed by atoms with Crippen LogP contribution in [0.15, 0.2) is 18.2 Å². The predicted molar refractivity (Wildman–Crippen MR) is 93.4 cm³/mol. The molecule has 134 valence electrons. The van der Waals surface area contributed by atoms with Crippen LogP contribution in [-0.4, -0.2) is 17.4 Å². The van der Waals surface area contributed by atoms with Gasteiger partial charge in [0.2, 0.25) is 11.8 Å². The van der Waals surface area contributed by atoms with Crippen LogP contribution in [0.1, 0.15) is 51.0 Å². The first-order valence-electron chi connectivity index (χ1n) is 9.16. The van der Waals surface area contributed by atoms with E-state index < -0.39 is 5.41 Å². The average molecular weight is 344 g/mol. The van der Waals surface area contributed by atoms with Gasteiger partial charge in [-0.3, -0.25) is 9.59 Å². The van der Waals surface area contributed by atoms with Crippen molar-refractivity contribution in [3.8, 4) is 0 Å². The molecular formula is C20H25FN2O2. The lowest BCUT2D eigenvalue weighted by Crippen LogP contribution is -2.65. The number of nitrogens with one attached hydrogen (secondary N) is 2. The number of benzene rings is 1. The molecule has 4 saturated carbocycles. The molecule has 25 heavy (non-hydrogen) atoms. The summed E-state index contributed by atoms with van der Waals surface area (Å²) in [4.78, 5) is 24.9. The first kappa shape index (κ1) is 16.6. The maximum Gasteiger partial charge on any atom is 0.230 e. The lowest BCUT2D eigenvalue weighted by molar-refractivity contribution is -0.148. The first-order valence-corrected chi connectivity index (χ1v) is 9.16. The summed E-state index contributed by atoms with van der Waals surface area (Å²) >= 11 is 0. The molecule has 2 amide bonds. The van der Waals surface area contributed by atoms with Gasteiger partial charge in [-0.2, -0.15) is 0 Å². The molecule has 2 atom stereocenters. The maximum absolute atomic E-state index is 13.6. The number of carbonyl (C=O) groups is 2. The molecule has 4 fully saturated rings. The molecule has 0 radical (unpaired) electrons. The Bertz CT molecular complexity index is 731. The number of carbonyl (C=O) groups excluding carboxylic acids is 2. The van der Waals surface area contributed by atoms with Crippen molar-refractivity contribution in [1.82, 2.24) is 5.32 Å². The van der Waals surface area contributed by atoms with Crippen LogP contribution in [0.4, 0.5) is 10.1 Å². The molecule has 0 aromatic heterocycles. The summed E-state index contributed by atoms with van der Waals surface area (Å²) in [5.74, 6) is 0.615. The van der Waals surface area contributed by atoms with Crippen LogP contribution in [0.3, 0.4) is 0 Å². The third-order valence-corrected chi connectivity index (χ3v) is 6.43. The van der Waals surface area contributed by atoms with Gasteiger partial charge in [0, 0.05) is 18.2 Å². The van der Waals surface area contributed by atoms with Gasteiger partial charge in [-0.25, -0.2) is 4.39 Å². The second-order valence-corrected chi connectivity index (χ2v) is 8.62. The maximum atomic E-state index is 13.6. The Balaban J connectivity index is 1.61. The number of aryl methyl sites for hydroxylation is 1. The highest BCUT2D eigenvalue weighted by molar-refractivity contribution is 5.96. The van der Waals surface area contributed by atoms with E-state index in [1.54, 1.807) is 13.0 Å². The van der Waals surface area contributed by atoms with Crippen molar-refractivity contribution in [2.24, 2.45) is 17.3 Å². The molecule has 4 aliphatic carbocycles. The second-order valence-electron chi connectivity index (χ2n) is 8.62. The molecule has 0 saturated heterocycles. The molecule has 0 unspecified atom stereocenters. The zero-order chi connectivity index (χ0) is 17.8. The van der Waals surface area contributed by atoms with Crippen molar-refractivity contribution in [3.63, 3.8) is 0 Å². The summed E-state index contributed by atoms with van der Waals surface area (Å²) in [6, 6.07) is 4.47. The number of rotatable bonds is 3. The minimum Gasteiger partial charge on any atom is -0.351 e. The molecule has 1 aromatic carbocycles. The van der Waals surface area contributed by atoms with Crippen LogP contribution in [0.25, 0.3) is 0 Å². The number of hydrogen-bond donors (Lipinski definition) is 2. The SMILES string of the molecule is CC(=O)NC12C[C@@H]3C[C@@H](C1)CC(C(=O)Nc1cc(F)ccc1C)(C3)C2. The van der Waals surface area contributed by atoms with Crippen LogP contribution < -0.4 is 10.6 Å². The molecule has 4 aliphatic rings. The number of amides is 2. The minimum absolute atomic E-state index is 0.00923. The van der Waals surface area contributed by atoms with Crippen LogP contribution in [0.2, 0.25) is 0 Å². The molecule has 1 aromatic rings. The van der Waals surface area contributed by atoms with Gasteiger partial charge in [-0.15, -0.1) is 0 Å². The molecule has 5 heteroatoms. The summed E-state index contributed by atoms with van der Waals surface area (Å²) in [7, 11) is 0. The van der Waals surface area contributed by atoms with E-state index in [0.717, 1.165) is 37.7 Å². The highest BCUT2D eigenvalue weighted by Gasteiger charge is 2.60. The Morgan fingerprint density at radius 3 is 2.48 bits per heavy atom. The number of hydrogen-bond acceptors (Lipinski definition) is 2. The van der Waals surface area contributed by atoms with Crippen molar-refractivity contribution in [2.45, 2.75) is 57.9 Å². The van der Waals surface area contributed by atoms with E-state index in [1.165, 1.54) is 12.1 Å². The standard InChI is InChI=1S/C20H25FN2O2/c1-12-3-4-16(21)6-17(12)22-18(25)19-7-14-5-15(8-19)10-20(9-14,11-19)23-13(2)24/h3-4,6,14-15H,5,7-11H2,1-2H3,(H,22,25)(H,23,24)/t14-,15-,19?,20?/m1/s1. The van der Waals surface area contributed by atoms with Crippen LogP contribution in [0.5, 0.6) is 0 Å². The Hall–Kier alpha value is -1.91. The van der Waals surface area contributed by atoms with Crippen LogP contribution in [0, 0.1) is 30.0 Å². The van der Waals surface area contributed by atoms with Gasteiger partial charge in [-0.05, 0) is 75.0 Å². The summed E-state index contributed by atoms with van der Waals surface area (Å²) in [5, 5.41) is 6.16. The van der Waals surface area contributed by atoms with Crippen molar-refractivity contribution in [3.05, 3.63) is 29.6 Å². The smallest absolute Gasteiger partial charge is 0.230 e. The first-order chi connectivity index (χ1) is 11.8. The quantitative estimate of drug-likeness (QED) is 0.881. The fourth-order valence-electron chi connectivity index (χ4n) is 6.03. The van der Waals surface area contributed by atoms with Crippen molar-refractivity contribution >= 4 is 17.5 Å². The monoisotopic (exact) mass is 344 g/mol. The molecule has 0 spiro atoms. The Labute approximate surface area is 147 Å². The van der Waals surface area contributed by atoms with E-state index in [9.17, 15) is 14.0 Å². The molecule has 0 heterocycles. The fraction of sp³-hybridized carbons (Fsp3) is 0.600. The van der Waals surface area contributed by atoms with E-state index in [0.29, 0.717) is 23.9 Å². The summed E-state index contributed by atoms with van der Waals surface area (Å²) in [6.45, 7) is 3.43. The highest BCUT2D eigenvalue weighted by Crippen LogP contribution is 2.61. The van der Waals surface area contributed by atoms with Crippen molar-refractivity contribution in [1.29, 1.82) is 0 Å². The zero-order valence-electron chi connectivity index (χ0n) is 14.8. The molecule has 2 N–H and O–H groups in total. The number of halogens is 1. The van der Waals surface area contributed by atoms with Crippen LogP contribution >= 0.6 is 0 Å². The largest absolute Gasteiger partial charge is 0.351 e. The molecule has 0 aliphatic heterocycles. The van der Waals surface area contributed by atoms with Gasteiger partial charge >= 0.3 is 0 Å². The third kappa shape index (κ3) is 2.83. The minimum atomic E-state index is -0.439. The van der Waals surface area contributed by atoms with E-state index >= 15 is 0 Å². The van der Waals surface area contributed by atoms with E-state index in [2.05, 4.69) is 10.6 Å². The highest BCUT2D eigenvalue weighted by atomic mass is 19.1. The lowest BCUT2D eigenvalue weighted by atomic mass is 9.46. The molecule has 5 rings (SSSR count). The van der Waals surface area contributed by atoms with Gasteiger partial charge in [0.1, 0.15) is 5.82 Å². The van der Waals surface area contributed by atoms with Crippen LogP contribution in [-0.2, 0) is 9.59 Å². The van der Waals surface area contributed by atoms with Crippen molar-refractivity contribution in [2.75, 3.05) is 5.32 Å². The molecular weight excluding hydrogens is 319 g/mol. The molecule has 4 bridgehead atoms. The van der Waals surface area contributed by atoms with E-state index in [1.807, 2.05) is 6.92 Å². The van der Waals surface area contributed by atoms with Gasteiger partial charge in [-0.1, -0.05) is 6.07 Å². The second kappa shape index (κ2) is 5.55. The Morgan fingerprint density at radius 2 is 1.84 bits per heavy atom. The summed E-state index contributed by atoms with van der Waals surface area (Å²) in [5.41, 5.74) is 0.737. The Morgan fingerprint density at radius 1 is 1.16 bits per heavy atom.